The first-order chi connectivity index (χ1) is 13.1. The number of halogens is 2. The van der Waals surface area contributed by atoms with E-state index in [-0.39, 0.29) is 23.7 Å². The van der Waals surface area contributed by atoms with Gasteiger partial charge < -0.3 is 4.90 Å². The highest BCUT2D eigenvalue weighted by molar-refractivity contribution is 6.31. The molecule has 2 aromatic carbocycles. The molecule has 7 heteroatoms. The zero-order chi connectivity index (χ0) is 18.8. The van der Waals surface area contributed by atoms with E-state index in [0.29, 0.717) is 18.1 Å². The maximum atomic E-state index is 14.0. The zero-order valence-electron chi connectivity index (χ0n) is 14.9. The van der Waals surface area contributed by atoms with E-state index in [2.05, 4.69) is 27.9 Å². The number of hydrogen-bond acceptors (Lipinski definition) is 4. The first kappa shape index (κ1) is 18.4. The van der Waals surface area contributed by atoms with Crippen LogP contribution in [0, 0.1) is 5.82 Å². The lowest BCUT2D eigenvalue weighted by atomic mass is 10.0. The molecule has 2 aliphatic heterocycles. The minimum absolute atomic E-state index is 0.0424. The molecule has 0 saturated carbocycles. The van der Waals surface area contributed by atoms with Gasteiger partial charge in [0.15, 0.2) is 0 Å². The van der Waals surface area contributed by atoms with Gasteiger partial charge >= 0.3 is 0 Å². The minimum Gasteiger partial charge on any atom is -0.336 e. The summed E-state index contributed by atoms with van der Waals surface area (Å²) in [6, 6.07) is 14.7. The van der Waals surface area contributed by atoms with Crippen molar-refractivity contribution in [3.63, 3.8) is 0 Å². The quantitative estimate of drug-likeness (QED) is 0.848. The summed E-state index contributed by atoms with van der Waals surface area (Å²) in [5.41, 5.74) is 8.02. The van der Waals surface area contributed by atoms with Crippen LogP contribution < -0.4 is 10.9 Å². The number of nitrogens with one attached hydrogen (secondary N) is 2. The molecule has 2 aromatic rings. The van der Waals surface area contributed by atoms with E-state index in [4.69, 9.17) is 11.6 Å². The monoisotopic (exact) mass is 388 g/mol. The molecular formula is C20H22ClFN4O. The van der Waals surface area contributed by atoms with Crippen LogP contribution in [0.25, 0.3) is 0 Å². The average molecular weight is 389 g/mol. The molecular weight excluding hydrogens is 367 g/mol. The molecule has 27 heavy (non-hydrogen) atoms. The van der Waals surface area contributed by atoms with E-state index in [0.717, 1.165) is 19.5 Å². The van der Waals surface area contributed by atoms with Gasteiger partial charge in [-0.25, -0.2) is 15.2 Å². The second-order valence-corrected chi connectivity index (χ2v) is 7.39. The highest BCUT2D eigenvalue weighted by Gasteiger charge is 2.32. The number of amides is 1. The molecule has 2 fully saturated rings. The van der Waals surface area contributed by atoms with Crippen LogP contribution in [-0.2, 0) is 0 Å². The topological polar surface area (TPSA) is 47.6 Å². The van der Waals surface area contributed by atoms with Crippen molar-refractivity contribution in [1.82, 2.24) is 20.7 Å². The Kier molecular flexibility index (Phi) is 5.41. The number of benzene rings is 2. The first-order valence-electron chi connectivity index (χ1n) is 9.16. The molecule has 2 unspecified atom stereocenters. The second-order valence-electron chi connectivity index (χ2n) is 6.96. The highest BCUT2D eigenvalue weighted by atomic mass is 35.5. The molecule has 4 rings (SSSR count). The number of carbonyl (C=O) groups is 1. The molecule has 2 atom stereocenters. The van der Waals surface area contributed by atoms with Gasteiger partial charge in [0.25, 0.3) is 5.91 Å². The maximum Gasteiger partial charge on any atom is 0.256 e. The van der Waals surface area contributed by atoms with Crippen LogP contribution in [0.1, 0.15) is 28.4 Å². The maximum absolute atomic E-state index is 14.0. The normalized spacial score (nSPS) is 23.6. The zero-order valence-corrected chi connectivity index (χ0v) is 15.6. The fourth-order valence-corrected chi connectivity index (χ4v) is 3.92. The average Bonchev–Trinajstić information content (AvgIpc) is 3.20. The summed E-state index contributed by atoms with van der Waals surface area (Å²) < 4.78 is 14.0. The highest BCUT2D eigenvalue weighted by Crippen LogP contribution is 2.24. The third kappa shape index (κ3) is 3.99. The summed E-state index contributed by atoms with van der Waals surface area (Å²) in [6.45, 7) is 2.63. The summed E-state index contributed by atoms with van der Waals surface area (Å²) in [6.07, 6.45) is 1.18. The Balaban J connectivity index is 1.34. The number of piperazine rings is 1. The third-order valence-corrected chi connectivity index (χ3v) is 5.52. The van der Waals surface area contributed by atoms with Crippen molar-refractivity contribution in [1.29, 1.82) is 0 Å². The Hall–Kier alpha value is -1.99. The molecule has 0 aliphatic carbocycles. The van der Waals surface area contributed by atoms with Crippen LogP contribution in [0.2, 0.25) is 5.02 Å². The molecule has 2 heterocycles. The van der Waals surface area contributed by atoms with Crippen LogP contribution in [-0.4, -0.2) is 48.1 Å². The standard InChI is InChI=1S/C20H22ClFN4O/c21-15-6-7-17(22)16(12-15)20(27)26-10-8-25(9-11-26)19-13-18(23-24-19)14-4-2-1-3-5-14/h1-7,12,18-19,23-24H,8-11,13H2. The summed E-state index contributed by atoms with van der Waals surface area (Å²) >= 11 is 5.91. The lowest BCUT2D eigenvalue weighted by Crippen LogP contribution is -2.55. The van der Waals surface area contributed by atoms with Crippen molar-refractivity contribution in [2.45, 2.75) is 18.6 Å². The van der Waals surface area contributed by atoms with E-state index in [1.807, 2.05) is 18.2 Å². The predicted octanol–water partition coefficient (Wildman–Crippen LogP) is 2.80. The fraction of sp³-hybridized carbons (Fsp3) is 0.350. The summed E-state index contributed by atoms with van der Waals surface area (Å²) in [5.74, 6) is -0.825. The Morgan fingerprint density at radius 1 is 1.04 bits per heavy atom. The van der Waals surface area contributed by atoms with E-state index in [1.165, 1.54) is 23.8 Å². The van der Waals surface area contributed by atoms with Gasteiger partial charge in [0.05, 0.1) is 11.7 Å². The van der Waals surface area contributed by atoms with Crippen molar-refractivity contribution >= 4 is 17.5 Å². The first-order valence-corrected chi connectivity index (χ1v) is 9.54. The lowest BCUT2D eigenvalue weighted by molar-refractivity contribution is 0.0541. The Bertz CT molecular complexity index is 811. The second kappa shape index (κ2) is 7.94. The number of hydrazine groups is 1. The Morgan fingerprint density at radius 2 is 1.78 bits per heavy atom. The van der Waals surface area contributed by atoms with Crippen LogP contribution in [0.15, 0.2) is 48.5 Å². The van der Waals surface area contributed by atoms with Gasteiger partial charge in [0.1, 0.15) is 5.82 Å². The van der Waals surface area contributed by atoms with E-state index < -0.39 is 5.82 Å². The van der Waals surface area contributed by atoms with Crippen LogP contribution >= 0.6 is 11.6 Å². The van der Waals surface area contributed by atoms with E-state index in [1.54, 1.807) is 4.90 Å². The van der Waals surface area contributed by atoms with Gasteiger partial charge in [0.2, 0.25) is 0 Å². The van der Waals surface area contributed by atoms with Gasteiger partial charge in [0, 0.05) is 37.2 Å². The molecule has 5 nitrogen and oxygen atoms in total. The van der Waals surface area contributed by atoms with Crippen LogP contribution in [0.5, 0.6) is 0 Å². The van der Waals surface area contributed by atoms with Crippen LogP contribution in [0.3, 0.4) is 0 Å². The van der Waals surface area contributed by atoms with Crippen molar-refractivity contribution in [3.05, 3.63) is 70.5 Å². The number of rotatable bonds is 3. The van der Waals surface area contributed by atoms with Gasteiger partial charge in [-0.05, 0) is 30.2 Å². The molecule has 2 aliphatic rings. The van der Waals surface area contributed by atoms with E-state index >= 15 is 0 Å². The van der Waals surface area contributed by atoms with Crippen LogP contribution in [0.4, 0.5) is 4.39 Å². The molecule has 0 radical (unpaired) electrons. The van der Waals surface area contributed by atoms with Crippen molar-refractivity contribution in [3.8, 4) is 0 Å². The molecule has 0 spiro atoms. The third-order valence-electron chi connectivity index (χ3n) is 5.29. The number of nitrogens with zero attached hydrogens (tertiary/aromatic N) is 2. The van der Waals surface area contributed by atoms with Gasteiger partial charge in [-0.3, -0.25) is 9.69 Å². The summed E-state index contributed by atoms with van der Waals surface area (Å²) in [4.78, 5) is 16.6. The van der Waals surface area contributed by atoms with Gasteiger partial charge in [-0.2, -0.15) is 0 Å². The SMILES string of the molecule is O=C(c1cc(Cl)ccc1F)N1CCN(C2CC(c3ccccc3)NN2)CC1. The number of carbonyl (C=O) groups excluding carboxylic acids is 1. The molecule has 0 bridgehead atoms. The van der Waals surface area contributed by atoms with E-state index in [9.17, 15) is 9.18 Å². The predicted molar refractivity (Wildman–Crippen MR) is 103 cm³/mol. The minimum atomic E-state index is -0.529. The molecule has 142 valence electrons. The van der Waals surface area contributed by atoms with Crippen molar-refractivity contribution in [2.24, 2.45) is 0 Å². The molecule has 1 amide bonds. The smallest absolute Gasteiger partial charge is 0.256 e. The molecule has 2 N–H and O–H groups in total. The Labute approximate surface area is 163 Å². The van der Waals surface area contributed by atoms with Crippen molar-refractivity contribution < 1.29 is 9.18 Å². The summed E-state index contributed by atoms with van der Waals surface area (Å²) in [7, 11) is 0. The molecule has 0 aromatic heterocycles. The largest absolute Gasteiger partial charge is 0.336 e. The van der Waals surface area contributed by atoms with Crippen molar-refractivity contribution in [2.75, 3.05) is 26.2 Å². The number of hydrogen-bond donors (Lipinski definition) is 2. The van der Waals surface area contributed by atoms with Gasteiger partial charge in [-0.15, -0.1) is 0 Å². The molecule has 2 saturated heterocycles. The van der Waals surface area contributed by atoms with Gasteiger partial charge in [-0.1, -0.05) is 41.9 Å². The Morgan fingerprint density at radius 3 is 2.52 bits per heavy atom. The lowest BCUT2D eigenvalue weighted by Gasteiger charge is -2.37. The summed E-state index contributed by atoms with van der Waals surface area (Å²) in [5, 5.41) is 0.367. The fourth-order valence-electron chi connectivity index (χ4n) is 3.75.